The summed E-state index contributed by atoms with van der Waals surface area (Å²) in [4.78, 5) is 21.8. The van der Waals surface area contributed by atoms with Gasteiger partial charge in [-0.25, -0.2) is 9.37 Å². The second-order valence-corrected chi connectivity index (χ2v) is 8.39. The van der Waals surface area contributed by atoms with Crippen LogP contribution in [0.25, 0.3) is 29.1 Å². The lowest BCUT2D eigenvalue weighted by Crippen LogP contribution is -1.97. The number of hydrogen-bond donors (Lipinski definition) is 0. The maximum atomic E-state index is 13.1. The van der Waals surface area contributed by atoms with Gasteiger partial charge in [0.1, 0.15) is 17.3 Å². The Bertz CT molecular complexity index is 1630. The number of ether oxygens (including phenoxy) is 2. The molecule has 0 aliphatic carbocycles. The number of benzene rings is 4. The van der Waals surface area contributed by atoms with Gasteiger partial charge in [0.05, 0.1) is 18.0 Å². The van der Waals surface area contributed by atoms with Gasteiger partial charge in [-0.1, -0.05) is 48.6 Å². The fraction of sp³-hybridized carbons (Fsp3) is 0.0312. The molecule has 0 N–H and O–H groups in total. The molecule has 186 valence electrons. The van der Waals surface area contributed by atoms with E-state index in [0.717, 1.165) is 27.8 Å². The fourth-order valence-electron chi connectivity index (χ4n) is 3.74. The number of ketones is 1. The Morgan fingerprint density at radius 3 is 2.13 bits per heavy atom. The average Bonchev–Trinajstić information content (AvgIpc) is 2.96. The van der Waals surface area contributed by atoms with Crippen LogP contribution in [0.15, 0.2) is 103 Å². The van der Waals surface area contributed by atoms with Gasteiger partial charge in [-0.05, 0) is 83.9 Å². The lowest BCUT2D eigenvalue weighted by Gasteiger charge is -2.09. The lowest BCUT2D eigenvalue weighted by molar-refractivity contribution is 0.104. The van der Waals surface area contributed by atoms with E-state index >= 15 is 0 Å². The van der Waals surface area contributed by atoms with Crippen LogP contribution < -0.4 is 9.47 Å². The van der Waals surface area contributed by atoms with Crippen molar-refractivity contribution in [2.24, 2.45) is 0 Å². The van der Waals surface area contributed by atoms with Crippen LogP contribution in [0, 0.1) is 5.82 Å². The van der Waals surface area contributed by atoms with Crippen LogP contribution >= 0.6 is 0 Å². The molecule has 0 unspecified atom stereocenters. The first-order chi connectivity index (χ1) is 18.6. The number of fused-ring (bicyclic) bond motifs is 1. The second-order valence-electron chi connectivity index (χ2n) is 8.39. The van der Waals surface area contributed by atoms with E-state index in [0.29, 0.717) is 23.0 Å². The SMILES string of the molecule is COc1ccc(/C=C/c2nc(Oc3ccc(C(=O)/C=C/c4ccc(F)cc4)cc3)c3ccccc3n2)cc1. The molecule has 38 heavy (non-hydrogen) atoms. The number of allylic oxidation sites excluding steroid dienone is 1. The van der Waals surface area contributed by atoms with E-state index in [1.165, 1.54) is 18.2 Å². The zero-order chi connectivity index (χ0) is 26.3. The molecular weight excluding hydrogens is 479 g/mol. The molecule has 0 saturated heterocycles. The zero-order valence-electron chi connectivity index (χ0n) is 20.5. The molecule has 4 aromatic carbocycles. The molecule has 5 rings (SSSR count). The van der Waals surface area contributed by atoms with Crippen molar-refractivity contribution in [1.29, 1.82) is 0 Å². The molecule has 0 aliphatic heterocycles. The highest BCUT2D eigenvalue weighted by Gasteiger charge is 2.10. The number of aromatic nitrogens is 2. The maximum absolute atomic E-state index is 13.1. The van der Waals surface area contributed by atoms with Crippen LogP contribution in [0.1, 0.15) is 27.3 Å². The van der Waals surface area contributed by atoms with Gasteiger partial charge in [-0.2, -0.15) is 4.98 Å². The molecule has 0 radical (unpaired) electrons. The molecular formula is C32H23FN2O3. The molecule has 0 saturated carbocycles. The Kier molecular flexibility index (Phi) is 7.32. The summed E-state index contributed by atoms with van der Waals surface area (Å²) in [5, 5.41) is 0.775. The summed E-state index contributed by atoms with van der Waals surface area (Å²) >= 11 is 0. The van der Waals surface area contributed by atoms with Crippen molar-refractivity contribution in [1.82, 2.24) is 9.97 Å². The lowest BCUT2D eigenvalue weighted by atomic mass is 10.1. The minimum atomic E-state index is -0.319. The summed E-state index contributed by atoms with van der Waals surface area (Å²) < 4.78 is 24.4. The molecule has 0 aliphatic rings. The fourth-order valence-corrected chi connectivity index (χ4v) is 3.74. The van der Waals surface area contributed by atoms with Gasteiger partial charge < -0.3 is 9.47 Å². The first-order valence-corrected chi connectivity index (χ1v) is 11.9. The molecule has 0 fully saturated rings. The maximum Gasteiger partial charge on any atom is 0.230 e. The number of halogens is 1. The highest BCUT2D eigenvalue weighted by molar-refractivity contribution is 6.06. The van der Waals surface area contributed by atoms with E-state index < -0.39 is 0 Å². The van der Waals surface area contributed by atoms with E-state index in [2.05, 4.69) is 9.97 Å². The van der Waals surface area contributed by atoms with Gasteiger partial charge in [0.15, 0.2) is 11.6 Å². The van der Waals surface area contributed by atoms with Crippen molar-refractivity contribution in [2.75, 3.05) is 7.11 Å². The van der Waals surface area contributed by atoms with Gasteiger partial charge in [-0.3, -0.25) is 4.79 Å². The Balaban J connectivity index is 1.35. The zero-order valence-corrected chi connectivity index (χ0v) is 20.5. The number of nitrogens with zero attached hydrogens (tertiary/aromatic N) is 2. The average molecular weight is 503 g/mol. The standard InChI is InChI=1S/C32H23FN2O3/c1-37-26-16-8-23(9-17-26)11-21-31-34-29-5-3-2-4-28(29)32(35-31)38-27-18-12-24(13-19-27)30(36)20-10-22-6-14-25(33)15-7-22/h2-21H,1H3/b20-10+,21-11+. The largest absolute Gasteiger partial charge is 0.497 e. The first kappa shape index (κ1) is 24.6. The van der Waals surface area contributed by atoms with Gasteiger partial charge >= 0.3 is 0 Å². The molecule has 0 bridgehead atoms. The van der Waals surface area contributed by atoms with E-state index in [9.17, 15) is 9.18 Å². The van der Waals surface area contributed by atoms with Crippen LogP contribution in [0.3, 0.4) is 0 Å². The van der Waals surface area contributed by atoms with E-state index in [1.807, 2.05) is 60.7 Å². The quantitative estimate of drug-likeness (QED) is 0.161. The third-order valence-electron chi connectivity index (χ3n) is 5.78. The van der Waals surface area contributed by atoms with Gasteiger partial charge in [0.2, 0.25) is 5.88 Å². The molecule has 1 heterocycles. The Morgan fingerprint density at radius 2 is 1.39 bits per heavy atom. The third-order valence-corrected chi connectivity index (χ3v) is 5.78. The van der Waals surface area contributed by atoms with E-state index in [-0.39, 0.29) is 11.6 Å². The van der Waals surface area contributed by atoms with Crippen LogP contribution in [-0.2, 0) is 0 Å². The highest BCUT2D eigenvalue weighted by Crippen LogP contribution is 2.28. The minimum absolute atomic E-state index is 0.167. The number of carbonyl (C=O) groups excluding carboxylic acids is 1. The van der Waals surface area contributed by atoms with Crippen LogP contribution in [0.4, 0.5) is 4.39 Å². The predicted octanol–water partition coefficient (Wildman–Crippen LogP) is 7.64. The highest BCUT2D eigenvalue weighted by atomic mass is 19.1. The van der Waals surface area contributed by atoms with E-state index in [1.54, 1.807) is 49.6 Å². The van der Waals surface area contributed by atoms with Crippen molar-refractivity contribution in [3.8, 4) is 17.4 Å². The molecule has 6 heteroatoms. The normalized spacial score (nSPS) is 11.3. The van der Waals surface area contributed by atoms with Gasteiger partial charge in [0, 0.05) is 5.56 Å². The summed E-state index contributed by atoms with van der Waals surface area (Å²) in [6, 6.07) is 28.1. The van der Waals surface area contributed by atoms with Crippen molar-refractivity contribution in [3.05, 3.63) is 131 Å². The number of carbonyl (C=O) groups is 1. The topological polar surface area (TPSA) is 61.3 Å². The number of rotatable bonds is 8. The number of methoxy groups -OCH3 is 1. The number of para-hydroxylation sites is 1. The molecule has 0 spiro atoms. The van der Waals surface area contributed by atoms with Crippen molar-refractivity contribution in [3.63, 3.8) is 0 Å². The summed E-state index contributed by atoms with van der Waals surface area (Å²) in [6.07, 6.45) is 6.87. The minimum Gasteiger partial charge on any atom is -0.497 e. The molecule has 0 amide bonds. The van der Waals surface area contributed by atoms with Gasteiger partial charge in [-0.15, -0.1) is 0 Å². The van der Waals surface area contributed by atoms with Crippen molar-refractivity contribution in [2.45, 2.75) is 0 Å². The molecule has 1 aromatic heterocycles. The van der Waals surface area contributed by atoms with E-state index in [4.69, 9.17) is 9.47 Å². The summed E-state index contributed by atoms with van der Waals surface area (Å²) in [6.45, 7) is 0. The van der Waals surface area contributed by atoms with Crippen LogP contribution in [-0.4, -0.2) is 22.9 Å². The van der Waals surface area contributed by atoms with Crippen LogP contribution in [0.2, 0.25) is 0 Å². The van der Waals surface area contributed by atoms with Crippen LogP contribution in [0.5, 0.6) is 17.4 Å². The first-order valence-electron chi connectivity index (χ1n) is 11.9. The van der Waals surface area contributed by atoms with Gasteiger partial charge in [0.25, 0.3) is 0 Å². The summed E-state index contributed by atoms with van der Waals surface area (Å²) in [5.74, 6) is 1.77. The molecule has 5 nitrogen and oxygen atoms in total. The Morgan fingerprint density at radius 1 is 0.737 bits per heavy atom. The monoisotopic (exact) mass is 502 g/mol. The number of hydrogen-bond acceptors (Lipinski definition) is 5. The summed E-state index contributed by atoms with van der Waals surface area (Å²) in [5.41, 5.74) is 2.99. The Hall–Kier alpha value is -5.10. The van der Waals surface area contributed by atoms with Crippen molar-refractivity contribution < 1.29 is 18.7 Å². The van der Waals surface area contributed by atoms with Crippen molar-refractivity contribution >= 4 is 34.9 Å². The Labute approximate surface area is 219 Å². The smallest absolute Gasteiger partial charge is 0.230 e. The summed E-state index contributed by atoms with van der Waals surface area (Å²) in [7, 11) is 1.63. The molecule has 5 aromatic rings. The third kappa shape index (κ3) is 5.99. The predicted molar refractivity (Wildman–Crippen MR) is 148 cm³/mol. The second kappa shape index (κ2) is 11.3. The molecule has 0 atom stereocenters.